The van der Waals surface area contributed by atoms with Crippen LogP contribution in [0.4, 0.5) is 4.79 Å². The number of hydrogen-bond acceptors (Lipinski definition) is 7. The number of aromatic nitrogens is 2. The SMILES string of the molecule is CCOc1ccc(-c2nnc(S[C@@H](C)C(=O)NC(=O)NC)o2)cc1. The summed E-state index contributed by atoms with van der Waals surface area (Å²) < 4.78 is 10.9. The molecule has 2 N–H and O–H groups in total. The standard InChI is InChI=1S/C15H18N4O4S/c1-4-22-11-7-5-10(6-8-11)13-18-19-15(23-13)24-9(2)12(20)17-14(21)16-3/h5-9H,4H2,1-3H3,(H2,16,17,20,21)/t9-/m0/s1. The van der Waals surface area contributed by atoms with Crippen LogP contribution in [0.2, 0.25) is 0 Å². The van der Waals surface area contributed by atoms with Gasteiger partial charge in [0, 0.05) is 12.6 Å². The number of nitrogens with one attached hydrogen (secondary N) is 2. The largest absolute Gasteiger partial charge is 0.494 e. The highest BCUT2D eigenvalue weighted by Crippen LogP contribution is 2.27. The van der Waals surface area contributed by atoms with Crippen molar-refractivity contribution in [1.82, 2.24) is 20.8 Å². The number of hydrogen-bond donors (Lipinski definition) is 2. The number of amides is 3. The van der Waals surface area contributed by atoms with Gasteiger partial charge in [0.25, 0.3) is 5.22 Å². The minimum atomic E-state index is -0.562. The number of rotatable bonds is 6. The van der Waals surface area contributed by atoms with Crippen LogP contribution in [0.25, 0.3) is 11.5 Å². The first-order valence-electron chi connectivity index (χ1n) is 7.29. The predicted octanol–water partition coefficient (Wildman–Crippen LogP) is 2.07. The van der Waals surface area contributed by atoms with E-state index in [0.717, 1.165) is 23.1 Å². The molecule has 1 aromatic carbocycles. The molecule has 3 amide bonds. The van der Waals surface area contributed by atoms with Crippen molar-refractivity contribution in [3.8, 4) is 17.2 Å². The smallest absolute Gasteiger partial charge is 0.321 e. The molecule has 0 unspecified atom stereocenters. The molecule has 1 atom stereocenters. The zero-order valence-corrected chi connectivity index (χ0v) is 14.3. The second kappa shape index (κ2) is 8.34. The van der Waals surface area contributed by atoms with Crippen molar-refractivity contribution in [2.75, 3.05) is 13.7 Å². The van der Waals surface area contributed by atoms with Gasteiger partial charge in [-0.1, -0.05) is 11.8 Å². The summed E-state index contributed by atoms with van der Waals surface area (Å²) in [5.41, 5.74) is 0.750. The molecule has 24 heavy (non-hydrogen) atoms. The van der Waals surface area contributed by atoms with Crippen LogP contribution in [-0.4, -0.2) is 41.0 Å². The first-order chi connectivity index (χ1) is 11.5. The van der Waals surface area contributed by atoms with E-state index in [1.165, 1.54) is 7.05 Å². The summed E-state index contributed by atoms with van der Waals surface area (Å²) in [4.78, 5) is 22.9. The molecule has 0 saturated heterocycles. The molecule has 2 rings (SSSR count). The van der Waals surface area contributed by atoms with Crippen molar-refractivity contribution in [2.45, 2.75) is 24.3 Å². The Bertz CT molecular complexity index is 702. The molecular formula is C15H18N4O4S. The Hall–Kier alpha value is -2.55. The molecule has 8 nitrogen and oxygen atoms in total. The Morgan fingerprint density at radius 1 is 1.29 bits per heavy atom. The lowest BCUT2D eigenvalue weighted by atomic mass is 10.2. The Morgan fingerprint density at radius 2 is 2.00 bits per heavy atom. The molecule has 128 valence electrons. The molecule has 0 fully saturated rings. The van der Waals surface area contributed by atoms with E-state index < -0.39 is 17.2 Å². The van der Waals surface area contributed by atoms with E-state index in [2.05, 4.69) is 20.8 Å². The fourth-order valence-corrected chi connectivity index (χ4v) is 2.40. The first kappa shape index (κ1) is 17.8. The number of thioether (sulfide) groups is 1. The van der Waals surface area contributed by atoms with E-state index in [0.29, 0.717) is 12.5 Å². The zero-order valence-electron chi connectivity index (χ0n) is 13.5. The zero-order chi connectivity index (χ0) is 17.5. The van der Waals surface area contributed by atoms with Gasteiger partial charge in [-0.25, -0.2) is 4.79 Å². The highest BCUT2D eigenvalue weighted by atomic mass is 32.2. The van der Waals surface area contributed by atoms with Gasteiger partial charge in [-0.05, 0) is 38.1 Å². The number of nitrogens with zero attached hydrogens (tertiary/aromatic N) is 2. The summed E-state index contributed by atoms with van der Waals surface area (Å²) >= 11 is 1.07. The normalized spacial score (nSPS) is 11.6. The van der Waals surface area contributed by atoms with E-state index in [4.69, 9.17) is 9.15 Å². The Labute approximate surface area is 143 Å². The monoisotopic (exact) mass is 350 g/mol. The fraction of sp³-hybridized carbons (Fsp3) is 0.333. The number of carbonyl (C=O) groups is 2. The maximum absolute atomic E-state index is 11.8. The highest BCUT2D eigenvalue weighted by Gasteiger charge is 2.20. The van der Waals surface area contributed by atoms with Crippen molar-refractivity contribution in [1.29, 1.82) is 0 Å². The predicted molar refractivity (Wildman–Crippen MR) is 88.8 cm³/mol. The third-order valence-electron chi connectivity index (χ3n) is 2.93. The maximum Gasteiger partial charge on any atom is 0.321 e. The van der Waals surface area contributed by atoms with Gasteiger partial charge in [0.2, 0.25) is 11.8 Å². The summed E-state index contributed by atoms with van der Waals surface area (Å²) in [7, 11) is 1.43. The van der Waals surface area contributed by atoms with Gasteiger partial charge in [-0.2, -0.15) is 0 Å². The van der Waals surface area contributed by atoms with E-state index >= 15 is 0 Å². The third-order valence-corrected chi connectivity index (χ3v) is 3.86. The van der Waals surface area contributed by atoms with Gasteiger partial charge in [-0.3, -0.25) is 10.1 Å². The van der Waals surface area contributed by atoms with E-state index in [-0.39, 0.29) is 5.22 Å². The van der Waals surface area contributed by atoms with Gasteiger partial charge in [0.15, 0.2) is 0 Å². The molecule has 0 aliphatic heterocycles. The van der Waals surface area contributed by atoms with Crippen molar-refractivity contribution in [2.24, 2.45) is 0 Å². The summed E-state index contributed by atoms with van der Waals surface area (Å²) in [5, 5.41) is 12.1. The van der Waals surface area contributed by atoms with Gasteiger partial charge in [0.1, 0.15) is 5.75 Å². The van der Waals surface area contributed by atoms with Gasteiger partial charge >= 0.3 is 6.03 Å². The second-order valence-electron chi connectivity index (χ2n) is 4.66. The molecule has 1 aromatic heterocycles. The first-order valence-corrected chi connectivity index (χ1v) is 8.17. The topological polar surface area (TPSA) is 106 Å². The Morgan fingerprint density at radius 3 is 2.62 bits per heavy atom. The number of imide groups is 1. The Kier molecular flexibility index (Phi) is 6.19. The molecule has 2 aromatic rings. The fourth-order valence-electron chi connectivity index (χ4n) is 1.72. The summed E-state index contributed by atoms with van der Waals surface area (Å²) in [6.45, 7) is 4.15. The van der Waals surface area contributed by atoms with Crippen LogP contribution in [0.15, 0.2) is 33.9 Å². The van der Waals surface area contributed by atoms with Gasteiger partial charge in [-0.15, -0.1) is 10.2 Å². The summed E-state index contributed by atoms with van der Waals surface area (Å²) in [6.07, 6.45) is 0. The molecule has 0 aliphatic rings. The molecule has 9 heteroatoms. The minimum absolute atomic E-state index is 0.249. The maximum atomic E-state index is 11.8. The second-order valence-corrected chi connectivity index (χ2v) is 5.95. The van der Waals surface area contributed by atoms with Crippen molar-refractivity contribution < 1.29 is 18.7 Å². The van der Waals surface area contributed by atoms with Crippen LogP contribution in [0, 0.1) is 0 Å². The average Bonchev–Trinajstić information content (AvgIpc) is 3.04. The summed E-state index contributed by atoms with van der Waals surface area (Å²) in [5.74, 6) is 0.662. The molecule has 1 heterocycles. The minimum Gasteiger partial charge on any atom is -0.494 e. The lowest BCUT2D eigenvalue weighted by Crippen LogP contribution is -2.41. The number of carbonyl (C=O) groups excluding carboxylic acids is 2. The third kappa shape index (κ3) is 4.72. The summed E-state index contributed by atoms with van der Waals surface area (Å²) in [6, 6.07) is 6.70. The highest BCUT2D eigenvalue weighted by molar-refractivity contribution is 8.00. The van der Waals surface area contributed by atoms with Crippen LogP contribution >= 0.6 is 11.8 Å². The van der Waals surface area contributed by atoms with Gasteiger partial charge in [0.05, 0.1) is 11.9 Å². The van der Waals surface area contributed by atoms with E-state index in [1.54, 1.807) is 6.92 Å². The number of benzene rings is 1. The van der Waals surface area contributed by atoms with Crippen molar-refractivity contribution in [3.05, 3.63) is 24.3 Å². The quantitative estimate of drug-likeness (QED) is 0.768. The lowest BCUT2D eigenvalue weighted by Gasteiger charge is -2.07. The van der Waals surface area contributed by atoms with Crippen LogP contribution in [0.1, 0.15) is 13.8 Å². The van der Waals surface area contributed by atoms with E-state index in [1.807, 2.05) is 31.2 Å². The molecule has 0 bridgehead atoms. The van der Waals surface area contributed by atoms with Crippen molar-refractivity contribution >= 4 is 23.7 Å². The van der Waals surface area contributed by atoms with Crippen LogP contribution in [-0.2, 0) is 4.79 Å². The molecule has 0 saturated carbocycles. The lowest BCUT2D eigenvalue weighted by molar-refractivity contribution is -0.119. The molecule has 0 aliphatic carbocycles. The van der Waals surface area contributed by atoms with E-state index in [9.17, 15) is 9.59 Å². The Balaban J connectivity index is 1.99. The van der Waals surface area contributed by atoms with Crippen LogP contribution in [0.3, 0.4) is 0 Å². The van der Waals surface area contributed by atoms with Gasteiger partial charge < -0.3 is 14.5 Å². The van der Waals surface area contributed by atoms with Crippen molar-refractivity contribution in [3.63, 3.8) is 0 Å². The van der Waals surface area contributed by atoms with Crippen LogP contribution in [0.5, 0.6) is 5.75 Å². The molecule has 0 spiro atoms. The number of urea groups is 1. The molecular weight excluding hydrogens is 332 g/mol. The average molecular weight is 350 g/mol. The number of ether oxygens (including phenoxy) is 1. The van der Waals surface area contributed by atoms with Crippen LogP contribution < -0.4 is 15.4 Å². The molecule has 0 radical (unpaired) electrons.